The molecule has 2 aromatic carbocycles. The lowest BCUT2D eigenvalue weighted by Crippen LogP contribution is -2.14. The molecular weight excluding hydrogens is 318 g/mol. The Morgan fingerprint density at radius 2 is 1.86 bits per heavy atom. The van der Waals surface area contributed by atoms with Gasteiger partial charge in [0.15, 0.2) is 0 Å². The molecule has 0 radical (unpaired) electrons. The molecule has 3 nitrogen and oxygen atoms in total. The zero-order chi connectivity index (χ0) is 16.1. The molecule has 0 aliphatic carbocycles. The lowest BCUT2D eigenvalue weighted by Gasteiger charge is -2.09. The highest BCUT2D eigenvalue weighted by molar-refractivity contribution is 7.83. The van der Waals surface area contributed by atoms with Gasteiger partial charge >= 0.3 is 0 Å². The van der Waals surface area contributed by atoms with Crippen LogP contribution in [0.15, 0.2) is 42.5 Å². The molecular formula is C17H18ClNO2S. The summed E-state index contributed by atoms with van der Waals surface area (Å²) in [4.78, 5) is 12.1. The number of nitrogens with one attached hydrogen (secondary N) is 1. The van der Waals surface area contributed by atoms with E-state index in [2.05, 4.69) is 5.32 Å². The molecule has 0 heterocycles. The molecule has 1 N–H and O–H groups in total. The molecule has 116 valence electrons. The second kappa shape index (κ2) is 7.56. The first kappa shape index (κ1) is 16.7. The minimum Gasteiger partial charge on any atom is -0.326 e. The lowest BCUT2D eigenvalue weighted by molar-refractivity contribution is -0.115. The van der Waals surface area contributed by atoms with Crippen LogP contribution in [0.4, 0.5) is 5.69 Å². The van der Waals surface area contributed by atoms with E-state index in [1.54, 1.807) is 24.5 Å². The maximum absolute atomic E-state index is 12.1. The summed E-state index contributed by atoms with van der Waals surface area (Å²) in [6, 6.07) is 13.1. The van der Waals surface area contributed by atoms with Gasteiger partial charge in [0, 0.05) is 33.5 Å². The third-order valence-electron chi connectivity index (χ3n) is 3.17. The average molecular weight is 336 g/mol. The highest BCUT2D eigenvalue weighted by Crippen LogP contribution is 2.22. The summed E-state index contributed by atoms with van der Waals surface area (Å²) < 4.78 is 11.3. The zero-order valence-electron chi connectivity index (χ0n) is 12.6. The van der Waals surface area contributed by atoms with Crippen LogP contribution in [0.3, 0.4) is 0 Å². The third kappa shape index (κ3) is 4.97. The maximum Gasteiger partial charge on any atom is 0.228 e. The number of hydrogen-bond donors (Lipinski definition) is 1. The number of anilines is 1. The van der Waals surface area contributed by atoms with Crippen LogP contribution in [0.5, 0.6) is 0 Å². The van der Waals surface area contributed by atoms with Crippen LogP contribution in [0.1, 0.15) is 16.7 Å². The van der Waals surface area contributed by atoms with Gasteiger partial charge in [-0.2, -0.15) is 0 Å². The number of hydrogen-bond acceptors (Lipinski definition) is 2. The Morgan fingerprint density at radius 1 is 1.18 bits per heavy atom. The van der Waals surface area contributed by atoms with E-state index in [1.807, 2.05) is 31.2 Å². The minimum absolute atomic E-state index is 0.0882. The van der Waals surface area contributed by atoms with Crippen molar-refractivity contribution in [3.8, 4) is 0 Å². The average Bonchev–Trinajstić information content (AvgIpc) is 2.44. The van der Waals surface area contributed by atoms with Gasteiger partial charge in [0.1, 0.15) is 0 Å². The van der Waals surface area contributed by atoms with Crippen molar-refractivity contribution in [3.05, 3.63) is 64.2 Å². The zero-order valence-corrected chi connectivity index (χ0v) is 14.1. The Bertz CT molecular complexity index is 698. The van der Waals surface area contributed by atoms with Crippen LogP contribution in [-0.2, 0) is 27.8 Å². The van der Waals surface area contributed by atoms with Gasteiger partial charge in [-0.3, -0.25) is 9.00 Å². The molecule has 0 aliphatic rings. The fraction of sp³-hybridized carbons (Fsp3) is 0.235. The Labute approximate surface area is 138 Å². The van der Waals surface area contributed by atoms with Crippen molar-refractivity contribution in [2.45, 2.75) is 19.1 Å². The molecule has 0 spiro atoms. The van der Waals surface area contributed by atoms with Crippen molar-refractivity contribution in [3.63, 3.8) is 0 Å². The van der Waals surface area contributed by atoms with Gasteiger partial charge in [-0.25, -0.2) is 0 Å². The van der Waals surface area contributed by atoms with Gasteiger partial charge < -0.3 is 5.32 Å². The SMILES string of the molecule is Cc1ccc(CC(=O)Nc2ccc(Cl)c(C[S@@](C)=O)c2)cc1. The van der Waals surface area contributed by atoms with Crippen LogP contribution in [0.25, 0.3) is 0 Å². The lowest BCUT2D eigenvalue weighted by atomic mass is 10.1. The number of carbonyl (C=O) groups excluding carboxylic acids is 1. The Morgan fingerprint density at radius 3 is 2.50 bits per heavy atom. The number of rotatable bonds is 5. The quantitative estimate of drug-likeness (QED) is 0.905. The van der Waals surface area contributed by atoms with E-state index in [-0.39, 0.29) is 5.91 Å². The molecule has 2 rings (SSSR count). The number of benzene rings is 2. The predicted molar refractivity (Wildman–Crippen MR) is 92.7 cm³/mol. The number of amides is 1. The van der Waals surface area contributed by atoms with E-state index >= 15 is 0 Å². The van der Waals surface area contributed by atoms with Crippen molar-refractivity contribution >= 4 is 34.0 Å². The minimum atomic E-state index is -0.979. The summed E-state index contributed by atoms with van der Waals surface area (Å²) in [7, 11) is -0.979. The van der Waals surface area contributed by atoms with E-state index < -0.39 is 10.8 Å². The van der Waals surface area contributed by atoms with Crippen molar-refractivity contribution in [1.82, 2.24) is 0 Å². The molecule has 0 unspecified atom stereocenters. The monoisotopic (exact) mass is 335 g/mol. The first-order chi connectivity index (χ1) is 10.4. The van der Waals surface area contributed by atoms with Gasteiger partial charge in [-0.15, -0.1) is 0 Å². The summed E-state index contributed by atoms with van der Waals surface area (Å²) in [6.45, 7) is 2.01. The maximum atomic E-state index is 12.1. The summed E-state index contributed by atoms with van der Waals surface area (Å²) >= 11 is 6.07. The topological polar surface area (TPSA) is 46.2 Å². The Hall–Kier alpha value is -1.65. The third-order valence-corrected chi connectivity index (χ3v) is 4.26. The molecule has 5 heteroatoms. The van der Waals surface area contributed by atoms with Gasteiger partial charge in [-0.1, -0.05) is 41.4 Å². The van der Waals surface area contributed by atoms with Crippen LogP contribution in [0.2, 0.25) is 5.02 Å². The highest BCUT2D eigenvalue weighted by atomic mass is 35.5. The van der Waals surface area contributed by atoms with Crippen LogP contribution in [0, 0.1) is 6.92 Å². The molecule has 1 atom stereocenters. The second-order valence-corrected chi connectivity index (χ2v) is 7.08. The predicted octanol–water partition coefficient (Wildman–Crippen LogP) is 3.71. The Kier molecular flexibility index (Phi) is 5.75. The number of carbonyl (C=O) groups is 1. The highest BCUT2D eigenvalue weighted by Gasteiger charge is 2.08. The molecule has 22 heavy (non-hydrogen) atoms. The normalized spacial score (nSPS) is 12.0. The van der Waals surface area contributed by atoms with Crippen LogP contribution < -0.4 is 5.32 Å². The van der Waals surface area contributed by atoms with E-state index in [4.69, 9.17) is 11.6 Å². The first-order valence-electron chi connectivity index (χ1n) is 6.88. The summed E-state index contributed by atoms with van der Waals surface area (Å²) in [5, 5.41) is 3.41. The van der Waals surface area contributed by atoms with Crippen LogP contribution in [-0.4, -0.2) is 16.4 Å². The van der Waals surface area contributed by atoms with Crippen molar-refractivity contribution in [2.24, 2.45) is 0 Å². The Balaban J connectivity index is 2.05. The number of aryl methyl sites for hydroxylation is 1. The van der Waals surface area contributed by atoms with Crippen LogP contribution >= 0.6 is 11.6 Å². The summed E-state index contributed by atoms with van der Waals surface area (Å²) in [5.74, 6) is 0.287. The number of halogens is 1. The molecule has 0 aliphatic heterocycles. The van der Waals surface area contributed by atoms with Gasteiger partial charge in [0.25, 0.3) is 0 Å². The second-order valence-electron chi connectivity index (χ2n) is 5.23. The van der Waals surface area contributed by atoms with E-state index in [0.717, 1.165) is 11.1 Å². The summed E-state index contributed by atoms with van der Waals surface area (Å²) in [5.41, 5.74) is 3.57. The molecule has 1 amide bonds. The fourth-order valence-corrected chi connectivity index (χ4v) is 3.02. The van der Waals surface area contributed by atoms with Gasteiger partial charge in [-0.05, 0) is 36.2 Å². The summed E-state index contributed by atoms with van der Waals surface area (Å²) in [6.07, 6.45) is 1.94. The fourth-order valence-electron chi connectivity index (χ4n) is 2.08. The molecule has 0 fully saturated rings. The standard InChI is InChI=1S/C17H18ClNO2S/c1-12-3-5-13(6-4-12)9-17(20)19-15-7-8-16(18)14(10-15)11-22(2)21/h3-8,10H,9,11H2,1-2H3,(H,19,20)/t22-/m1/s1. The smallest absolute Gasteiger partial charge is 0.228 e. The largest absolute Gasteiger partial charge is 0.326 e. The first-order valence-corrected chi connectivity index (χ1v) is 8.98. The molecule has 0 aromatic heterocycles. The molecule has 0 saturated carbocycles. The molecule has 2 aromatic rings. The van der Waals surface area contributed by atoms with E-state index in [1.165, 1.54) is 5.56 Å². The van der Waals surface area contributed by atoms with Crippen molar-refractivity contribution in [2.75, 3.05) is 11.6 Å². The van der Waals surface area contributed by atoms with E-state index in [0.29, 0.717) is 22.9 Å². The van der Waals surface area contributed by atoms with Crippen molar-refractivity contribution < 1.29 is 9.00 Å². The van der Waals surface area contributed by atoms with Crippen molar-refractivity contribution in [1.29, 1.82) is 0 Å². The molecule has 0 bridgehead atoms. The van der Waals surface area contributed by atoms with E-state index in [9.17, 15) is 9.00 Å². The molecule has 0 saturated heterocycles. The van der Waals surface area contributed by atoms with Gasteiger partial charge in [0.2, 0.25) is 5.91 Å². The van der Waals surface area contributed by atoms with Gasteiger partial charge in [0.05, 0.1) is 6.42 Å².